The van der Waals surface area contributed by atoms with E-state index in [0.29, 0.717) is 39.5 Å². The molecule has 4 aromatic heterocycles. The minimum atomic E-state index is -0.613. The van der Waals surface area contributed by atoms with E-state index in [4.69, 9.17) is 11.6 Å². The highest BCUT2D eigenvalue weighted by Crippen LogP contribution is 2.39. The predicted molar refractivity (Wildman–Crippen MR) is 129 cm³/mol. The molecule has 1 saturated carbocycles. The van der Waals surface area contributed by atoms with Gasteiger partial charge in [-0.05, 0) is 61.7 Å². The fourth-order valence-corrected chi connectivity index (χ4v) is 4.29. The van der Waals surface area contributed by atoms with E-state index in [1.807, 2.05) is 10.8 Å². The molecule has 1 fully saturated rings. The van der Waals surface area contributed by atoms with Crippen LogP contribution in [0.2, 0.25) is 5.15 Å². The Balaban J connectivity index is 1.31. The first kappa shape index (κ1) is 21.4. The number of nitrogens with one attached hydrogen (secondary N) is 1. The van der Waals surface area contributed by atoms with Crippen LogP contribution in [0.3, 0.4) is 0 Å². The van der Waals surface area contributed by atoms with Crippen LogP contribution in [-0.2, 0) is 0 Å². The standard InChI is InChI=1S/C25H19ClFN7O/c1-14-10-17(27)16(11-20(14)33-12-19(28-13-33)15-8-9-15)25(35)30-22-6-2-4-18(29-22)24-32-31-23-7-3-5-21(26)34(23)24/h2-7,10-13,15H,8-9H2,1H3,(H,29,30,35). The Morgan fingerprint density at radius 1 is 1.14 bits per heavy atom. The molecule has 0 radical (unpaired) electrons. The first-order valence-electron chi connectivity index (χ1n) is 11.1. The fourth-order valence-electron chi connectivity index (χ4n) is 4.05. The second kappa shape index (κ2) is 8.28. The van der Waals surface area contributed by atoms with Crippen molar-refractivity contribution in [2.75, 3.05) is 5.32 Å². The molecule has 4 heterocycles. The average molecular weight is 488 g/mol. The van der Waals surface area contributed by atoms with E-state index < -0.39 is 11.7 Å². The van der Waals surface area contributed by atoms with E-state index in [0.717, 1.165) is 18.5 Å². The molecule has 0 aliphatic heterocycles. The summed E-state index contributed by atoms with van der Waals surface area (Å²) in [6.45, 7) is 1.80. The number of fused-ring (bicyclic) bond motifs is 1. The van der Waals surface area contributed by atoms with Crippen molar-refractivity contribution in [2.45, 2.75) is 25.7 Å². The largest absolute Gasteiger partial charge is 0.306 e. The predicted octanol–water partition coefficient (Wildman–Crippen LogP) is 5.21. The second-order valence-electron chi connectivity index (χ2n) is 8.53. The van der Waals surface area contributed by atoms with Gasteiger partial charge in [0.2, 0.25) is 0 Å². The summed E-state index contributed by atoms with van der Waals surface area (Å²) in [5, 5.41) is 11.4. The number of carbonyl (C=O) groups excluding carboxylic acids is 1. The minimum Gasteiger partial charge on any atom is -0.306 e. The summed E-state index contributed by atoms with van der Waals surface area (Å²) in [7, 11) is 0. The third kappa shape index (κ3) is 3.93. The van der Waals surface area contributed by atoms with Crippen molar-refractivity contribution in [3.63, 3.8) is 0 Å². The van der Waals surface area contributed by atoms with Crippen molar-refractivity contribution in [2.24, 2.45) is 0 Å². The number of hydrogen-bond acceptors (Lipinski definition) is 5. The van der Waals surface area contributed by atoms with Gasteiger partial charge in [0.05, 0.1) is 23.3 Å². The molecule has 8 nitrogen and oxygen atoms in total. The third-order valence-electron chi connectivity index (χ3n) is 6.01. The number of pyridine rings is 2. The number of aromatic nitrogens is 6. The Bertz CT molecular complexity index is 1600. The second-order valence-corrected chi connectivity index (χ2v) is 8.91. The third-order valence-corrected chi connectivity index (χ3v) is 6.30. The number of imidazole rings is 1. The summed E-state index contributed by atoms with van der Waals surface area (Å²) < 4.78 is 18.3. The van der Waals surface area contributed by atoms with Crippen LogP contribution in [0, 0.1) is 12.7 Å². The van der Waals surface area contributed by atoms with Gasteiger partial charge in [0, 0.05) is 12.1 Å². The van der Waals surface area contributed by atoms with Crippen LogP contribution >= 0.6 is 11.6 Å². The van der Waals surface area contributed by atoms with E-state index >= 15 is 0 Å². The molecule has 35 heavy (non-hydrogen) atoms. The first-order chi connectivity index (χ1) is 17.0. The van der Waals surface area contributed by atoms with Gasteiger partial charge in [-0.15, -0.1) is 10.2 Å². The number of carbonyl (C=O) groups is 1. The fraction of sp³-hybridized carbons (Fsp3) is 0.160. The molecule has 10 heteroatoms. The monoisotopic (exact) mass is 487 g/mol. The molecule has 0 spiro atoms. The van der Waals surface area contributed by atoms with Crippen molar-refractivity contribution in [1.82, 2.24) is 29.1 Å². The van der Waals surface area contributed by atoms with Crippen molar-refractivity contribution >= 4 is 29.0 Å². The molecule has 0 unspecified atom stereocenters. The van der Waals surface area contributed by atoms with Crippen LogP contribution in [0.4, 0.5) is 10.2 Å². The molecular formula is C25H19ClFN7O. The van der Waals surface area contributed by atoms with Crippen LogP contribution in [0.5, 0.6) is 0 Å². The smallest absolute Gasteiger partial charge is 0.259 e. The lowest BCUT2D eigenvalue weighted by Crippen LogP contribution is -2.16. The van der Waals surface area contributed by atoms with Crippen LogP contribution in [0.1, 0.15) is 40.4 Å². The molecule has 1 amide bonds. The van der Waals surface area contributed by atoms with E-state index in [9.17, 15) is 9.18 Å². The molecule has 1 aromatic carbocycles. The number of amides is 1. The summed E-state index contributed by atoms with van der Waals surface area (Å²) in [4.78, 5) is 22.0. The molecular weight excluding hydrogens is 469 g/mol. The molecule has 5 aromatic rings. The van der Waals surface area contributed by atoms with Gasteiger partial charge in [0.1, 0.15) is 22.5 Å². The molecule has 0 atom stereocenters. The maximum atomic E-state index is 14.8. The maximum absolute atomic E-state index is 14.8. The number of aryl methyl sites for hydroxylation is 1. The lowest BCUT2D eigenvalue weighted by atomic mass is 10.1. The zero-order valence-corrected chi connectivity index (χ0v) is 19.4. The average Bonchev–Trinajstić information content (AvgIpc) is 3.40. The lowest BCUT2D eigenvalue weighted by Gasteiger charge is -2.12. The van der Waals surface area contributed by atoms with Gasteiger partial charge in [-0.2, -0.15) is 0 Å². The summed E-state index contributed by atoms with van der Waals surface area (Å²) in [6, 6.07) is 13.2. The van der Waals surface area contributed by atoms with Gasteiger partial charge in [0.25, 0.3) is 5.91 Å². The van der Waals surface area contributed by atoms with E-state index in [1.165, 1.54) is 12.1 Å². The van der Waals surface area contributed by atoms with Crippen LogP contribution in [-0.4, -0.2) is 35.0 Å². The van der Waals surface area contributed by atoms with E-state index in [-0.39, 0.29) is 11.4 Å². The highest BCUT2D eigenvalue weighted by Gasteiger charge is 2.26. The number of hydrogen-bond donors (Lipinski definition) is 1. The topological polar surface area (TPSA) is 90.0 Å². The SMILES string of the molecule is Cc1cc(F)c(C(=O)Nc2cccc(-c3nnc4cccc(Cl)n34)n2)cc1-n1cnc(C2CC2)c1. The normalized spacial score (nSPS) is 13.3. The van der Waals surface area contributed by atoms with Crippen molar-refractivity contribution < 1.29 is 9.18 Å². The first-order valence-corrected chi connectivity index (χ1v) is 11.5. The Morgan fingerprint density at radius 2 is 1.97 bits per heavy atom. The zero-order valence-electron chi connectivity index (χ0n) is 18.6. The van der Waals surface area contributed by atoms with Crippen molar-refractivity contribution in [1.29, 1.82) is 0 Å². The maximum Gasteiger partial charge on any atom is 0.259 e. The number of nitrogens with zero attached hydrogens (tertiary/aromatic N) is 6. The highest BCUT2D eigenvalue weighted by atomic mass is 35.5. The van der Waals surface area contributed by atoms with Crippen LogP contribution in [0.25, 0.3) is 22.9 Å². The molecule has 1 aliphatic carbocycles. The molecule has 1 aliphatic rings. The van der Waals surface area contributed by atoms with Crippen LogP contribution in [0.15, 0.2) is 61.1 Å². The van der Waals surface area contributed by atoms with Gasteiger partial charge in [-0.3, -0.25) is 9.20 Å². The number of rotatable bonds is 5. The number of halogens is 2. The van der Waals surface area contributed by atoms with Crippen molar-refractivity contribution in [3.8, 4) is 17.2 Å². The Kier molecular flexibility index (Phi) is 5.07. The minimum absolute atomic E-state index is 0.0875. The summed E-state index contributed by atoms with van der Waals surface area (Å²) >= 11 is 6.31. The summed E-state index contributed by atoms with van der Waals surface area (Å²) in [5.74, 6) is -0.0540. The van der Waals surface area contributed by atoms with Gasteiger partial charge in [-0.25, -0.2) is 14.4 Å². The van der Waals surface area contributed by atoms with Gasteiger partial charge >= 0.3 is 0 Å². The summed E-state index contributed by atoms with van der Waals surface area (Å²) in [5.41, 5.74) is 3.36. The molecule has 1 N–H and O–H groups in total. The summed E-state index contributed by atoms with van der Waals surface area (Å²) in [6.07, 6.45) is 5.92. The Morgan fingerprint density at radius 3 is 2.80 bits per heavy atom. The highest BCUT2D eigenvalue weighted by molar-refractivity contribution is 6.29. The lowest BCUT2D eigenvalue weighted by molar-refractivity contribution is 0.102. The number of anilines is 1. The molecule has 6 rings (SSSR count). The molecule has 174 valence electrons. The molecule has 0 saturated heterocycles. The quantitative estimate of drug-likeness (QED) is 0.344. The zero-order chi connectivity index (χ0) is 24.1. The van der Waals surface area contributed by atoms with Gasteiger partial charge in [0.15, 0.2) is 11.5 Å². The van der Waals surface area contributed by atoms with E-state index in [2.05, 4.69) is 25.5 Å². The Hall–Kier alpha value is -4.11. The Labute approximate surface area is 204 Å². The van der Waals surface area contributed by atoms with Crippen molar-refractivity contribution in [3.05, 3.63) is 88.8 Å². The van der Waals surface area contributed by atoms with E-state index in [1.54, 1.807) is 54.0 Å². The van der Waals surface area contributed by atoms with Crippen LogP contribution < -0.4 is 5.32 Å². The van der Waals surface area contributed by atoms with Gasteiger partial charge < -0.3 is 9.88 Å². The number of benzene rings is 1. The van der Waals surface area contributed by atoms with Gasteiger partial charge in [-0.1, -0.05) is 23.7 Å². The molecule has 0 bridgehead atoms.